The first kappa shape index (κ1) is 21.6. The highest BCUT2D eigenvalue weighted by atomic mass is 35.5. The van der Waals surface area contributed by atoms with E-state index in [2.05, 4.69) is 24.1 Å². The Morgan fingerprint density at radius 1 is 1.25 bits per heavy atom. The van der Waals surface area contributed by atoms with Crippen LogP contribution in [-0.4, -0.2) is 62.3 Å². The number of piperidine rings is 1. The molecule has 2 aliphatic heterocycles. The van der Waals surface area contributed by atoms with Crippen LogP contribution in [-0.2, 0) is 10.0 Å². The van der Waals surface area contributed by atoms with Gasteiger partial charge in [-0.3, -0.25) is 9.69 Å². The lowest BCUT2D eigenvalue weighted by atomic mass is 10.0. The Labute approximate surface area is 173 Å². The summed E-state index contributed by atoms with van der Waals surface area (Å²) in [6, 6.07) is 4.85. The van der Waals surface area contributed by atoms with Crippen LogP contribution in [0, 0.1) is 5.92 Å². The minimum absolute atomic E-state index is 0.0203. The standard InChI is InChI=1S/C20H30ClN3O3S/c1-3-23-10-5-7-17(23)13-22-20(25)16-8-9-18(21)19(12-16)28(26,27)24-11-4-6-15(2)14-24/h8-9,12,15,17H,3-7,10-11,13-14H2,1-2H3,(H,22,25). The molecule has 2 fully saturated rings. The Kier molecular flexibility index (Phi) is 7.02. The Bertz CT molecular complexity index is 815. The highest BCUT2D eigenvalue weighted by Crippen LogP contribution is 2.29. The predicted octanol–water partition coefficient (Wildman–Crippen LogP) is 2.97. The maximum Gasteiger partial charge on any atom is 0.251 e. The van der Waals surface area contributed by atoms with Crippen LogP contribution in [0.15, 0.2) is 23.1 Å². The monoisotopic (exact) mass is 427 g/mol. The fourth-order valence-electron chi connectivity index (χ4n) is 4.20. The number of benzene rings is 1. The molecule has 0 bridgehead atoms. The summed E-state index contributed by atoms with van der Waals surface area (Å²) in [5.41, 5.74) is 0.328. The van der Waals surface area contributed by atoms with Gasteiger partial charge in [-0.1, -0.05) is 25.4 Å². The van der Waals surface area contributed by atoms with E-state index in [1.807, 2.05) is 0 Å². The van der Waals surface area contributed by atoms with Gasteiger partial charge >= 0.3 is 0 Å². The van der Waals surface area contributed by atoms with Crippen LogP contribution in [0.4, 0.5) is 0 Å². The van der Waals surface area contributed by atoms with Gasteiger partial charge in [-0.25, -0.2) is 8.42 Å². The molecular weight excluding hydrogens is 398 g/mol. The van der Waals surface area contributed by atoms with Crippen LogP contribution >= 0.6 is 11.6 Å². The number of sulfonamides is 1. The Hall–Kier alpha value is -1.15. The summed E-state index contributed by atoms with van der Waals surface area (Å²) in [5.74, 6) is 0.0600. The van der Waals surface area contributed by atoms with Crippen molar-refractivity contribution in [1.29, 1.82) is 0 Å². The summed E-state index contributed by atoms with van der Waals surface area (Å²) in [6.07, 6.45) is 4.08. The smallest absolute Gasteiger partial charge is 0.251 e. The van der Waals surface area contributed by atoms with E-state index < -0.39 is 10.0 Å². The van der Waals surface area contributed by atoms with Crippen LogP contribution in [0.5, 0.6) is 0 Å². The van der Waals surface area contributed by atoms with Crippen LogP contribution < -0.4 is 5.32 Å². The largest absolute Gasteiger partial charge is 0.350 e. The summed E-state index contributed by atoms with van der Waals surface area (Å²) < 4.78 is 27.6. The second-order valence-corrected chi connectivity index (χ2v) is 10.2. The molecule has 2 heterocycles. The van der Waals surface area contributed by atoms with Gasteiger partial charge in [0.25, 0.3) is 5.91 Å². The first-order valence-electron chi connectivity index (χ1n) is 10.1. The number of halogens is 1. The quantitative estimate of drug-likeness (QED) is 0.757. The summed E-state index contributed by atoms with van der Waals surface area (Å²) >= 11 is 6.22. The van der Waals surface area contributed by atoms with Crippen molar-refractivity contribution in [3.8, 4) is 0 Å². The number of hydrogen-bond donors (Lipinski definition) is 1. The minimum Gasteiger partial charge on any atom is -0.350 e. The van der Waals surface area contributed by atoms with Gasteiger partial charge in [0.1, 0.15) is 4.90 Å². The first-order chi connectivity index (χ1) is 13.3. The molecule has 28 heavy (non-hydrogen) atoms. The molecule has 6 nitrogen and oxygen atoms in total. The van der Waals surface area contributed by atoms with Crippen molar-refractivity contribution in [2.75, 3.05) is 32.7 Å². The Balaban J connectivity index is 1.74. The lowest BCUT2D eigenvalue weighted by Crippen LogP contribution is -2.40. The number of carbonyl (C=O) groups excluding carboxylic acids is 1. The third-order valence-corrected chi connectivity index (χ3v) is 8.18. The number of nitrogens with zero attached hydrogens (tertiary/aromatic N) is 2. The number of likely N-dealkylation sites (N-methyl/N-ethyl adjacent to an activating group) is 1. The molecule has 2 aliphatic rings. The average Bonchev–Trinajstić information content (AvgIpc) is 3.14. The molecule has 1 amide bonds. The van der Waals surface area contributed by atoms with Gasteiger partial charge in [0.2, 0.25) is 10.0 Å². The van der Waals surface area contributed by atoms with E-state index in [1.54, 1.807) is 6.07 Å². The zero-order valence-corrected chi connectivity index (χ0v) is 18.2. The molecule has 0 spiro atoms. The molecule has 2 atom stereocenters. The van der Waals surface area contributed by atoms with Gasteiger partial charge in [0.15, 0.2) is 0 Å². The second-order valence-electron chi connectivity index (χ2n) is 7.89. The molecule has 1 aromatic rings. The summed E-state index contributed by atoms with van der Waals surface area (Å²) in [7, 11) is -3.71. The summed E-state index contributed by atoms with van der Waals surface area (Å²) in [5, 5.41) is 3.11. The molecule has 1 aromatic carbocycles. The van der Waals surface area contributed by atoms with Crippen molar-refractivity contribution in [3.05, 3.63) is 28.8 Å². The fourth-order valence-corrected chi connectivity index (χ4v) is 6.30. The third kappa shape index (κ3) is 4.70. The lowest BCUT2D eigenvalue weighted by molar-refractivity contribution is 0.0941. The van der Waals surface area contributed by atoms with Crippen molar-refractivity contribution in [3.63, 3.8) is 0 Å². The SMILES string of the molecule is CCN1CCCC1CNC(=O)c1ccc(Cl)c(S(=O)(=O)N2CCCC(C)C2)c1. The highest BCUT2D eigenvalue weighted by molar-refractivity contribution is 7.89. The maximum atomic E-state index is 13.1. The van der Waals surface area contributed by atoms with Gasteiger partial charge in [0.05, 0.1) is 5.02 Å². The molecule has 1 N–H and O–H groups in total. The highest BCUT2D eigenvalue weighted by Gasteiger charge is 2.31. The predicted molar refractivity (Wildman–Crippen MR) is 111 cm³/mol. The van der Waals surface area contributed by atoms with Crippen LogP contribution in [0.25, 0.3) is 0 Å². The molecule has 8 heteroatoms. The molecule has 3 rings (SSSR count). The molecular formula is C20H30ClN3O3S. The topological polar surface area (TPSA) is 69.7 Å². The van der Waals surface area contributed by atoms with E-state index in [-0.39, 0.29) is 15.8 Å². The number of hydrogen-bond acceptors (Lipinski definition) is 4. The van der Waals surface area contributed by atoms with Gasteiger partial charge in [-0.05, 0) is 62.9 Å². The number of carbonyl (C=O) groups is 1. The molecule has 0 radical (unpaired) electrons. The van der Waals surface area contributed by atoms with Crippen molar-refractivity contribution in [2.45, 2.75) is 50.5 Å². The van der Waals surface area contributed by atoms with Crippen molar-refractivity contribution in [1.82, 2.24) is 14.5 Å². The van der Waals surface area contributed by atoms with Gasteiger partial charge in [-0.2, -0.15) is 4.31 Å². The van der Waals surface area contributed by atoms with Crippen LogP contribution in [0.2, 0.25) is 5.02 Å². The summed E-state index contributed by atoms with van der Waals surface area (Å²) in [6.45, 7) is 7.76. The van der Waals surface area contributed by atoms with Crippen molar-refractivity contribution < 1.29 is 13.2 Å². The molecule has 156 valence electrons. The molecule has 0 saturated carbocycles. The zero-order chi connectivity index (χ0) is 20.3. The van der Waals surface area contributed by atoms with E-state index in [4.69, 9.17) is 11.6 Å². The number of likely N-dealkylation sites (tertiary alicyclic amines) is 1. The Morgan fingerprint density at radius 3 is 2.71 bits per heavy atom. The number of nitrogens with one attached hydrogen (secondary N) is 1. The van der Waals surface area contributed by atoms with Crippen molar-refractivity contribution >= 4 is 27.5 Å². The van der Waals surface area contributed by atoms with Crippen molar-refractivity contribution in [2.24, 2.45) is 5.92 Å². The minimum atomic E-state index is -3.71. The lowest BCUT2D eigenvalue weighted by Gasteiger charge is -2.30. The van der Waals surface area contributed by atoms with E-state index in [0.717, 1.165) is 38.8 Å². The average molecular weight is 428 g/mol. The molecule has 0 aromatic heterocycles. The van der Waals surface area contributed by atoms with Gasteiger partial charge in [-0.15, -0.1) is 0 Å². The fraction of sp³-hybridized carbons (Fsp3) is 0.650. The maximum absolute atomic E-state index is 13.1. The van der Waals surface area contributed by atoms with E-state index in [0.29, 0.717) is 37.2 Å². The number of rotatable bonds is 6. The van der Waals surface area contributed by atoms with E-state index in [9.17, 15) is 13.2 Å². The third-order valence-electron chi connectivity index (χ3n) is 5.83. The zero-order valence-electron chi connectivity index (χ0n) is 16.7. The normalized spacial score (nSPS) is 24.4. The molecule has 2 unspecified atom stereocenters. The second kappa shape index (κ2) is 9.11. The van der Waals surface area contributed by atoms with Gasteiger partial charge in [0, 0.05) is 31.2 Å². The van der Waals surface area contributed by atoms with Gasteiger partial charge < -0.3 is 5.32 Å². The first-order valence-corrected chi connectivity index (χ1v) is 12.0. The van der Waals surface area contributed by atoms with Crippen LogP contribution in [0.1, 0.15) is 49.9 Å². The summed E-state index contributed by atoms with van der Waals surface area (Å²) in [4.78, 5) is 15.0. The molecule has 2 saturated heterocycles. The number of amides is 1. The van der Waals surface area contributed by atoms with E-state index >= 15 is 0 Å². The molecule has 0 aliphatic carbocycles. The van der Waals surface area contributed by atoms with E-state index in [1.165, 1.54) is 16.4 Å². The van der Waals surface area contributed by atoms with Crippen LogP contribution in [0.3, 0.4) is 0 Å². The Morgan fingerprint density at radius 2 is 2.00 bits per heavy atom.